The predicted molar refractivity (Wildman–Crippen MR) is 102 cm³/mol. The molecule has 1 fully saturated rings. The Morgan fingerprint density at radius 3 is 2.30 bits per heavy atom. The Labute approximate surface area is 153 Å². The van der Waals surface area contributed by atoms with Gasteiger partial charge in [-0.2, -0.15) is 0 Å². The van der Waals surface area contributed by atoms with Gasteiger partial charge in [0.1, 0.15) is 5.84 Å². The van der Waals surface area contributed by atoms with Gasteiger partial charge in [-0.15, -0.1) is 24.8 Å². The van der Waals surface area contributed by atoms with Gasteiger partial charge in [0.2, 0.25) is 0 Å². The second-order valence-corrected chi connectivity index (χ2v) is 6.32. The monoisotopic (exact) mass is 367 g/mol. The summed E-state index contributed by atoms with van der Waals surface area (Å²) in [5, 5.41) is 3.41. The van der Waals surface area contributed by atoms with Crippen LogP contribution in [0.5, 0.6) is 0 Å². The third kappa shape index (κ3) is 3.66. The maximum atomic E-state index is 5.00. The Balaban J connectivity index is 0.000000960. The van der Waals surface area contributed by atoms with Gasteiger partial charge in [0, 0.05) is 41.5 Å². The standard InChI is InChI=1S/C17H17N3S.2ClH/c1-3-7-15-13(5-1)17(20-11-9-18-10-12-20)19-14-6-2-4-8-16(14)21-15;;/h1-8,18H,9-12H2;2*1H. The minimum Gasteiger partial charge on any atom is -0.354 e. The number of benzene rings is 2. The van der Waals surface area contributed by atoms with Crippen LogP contribution in [0.25, 0.3) is 0 Å². The highest BCUT2D eigenvalue weighted by atomic mass is 35.5. The lowest BCUT2D eigenvalue weighted by atomic mass is 10.1. The summed E-state index contributed by atoms with van der Waals surface area (Å²) in [6.45, 7) is 4.08. The SMILES string of the molecule is Cl.Cl.c1ccc2c(c1)N=C(N1CCNCC1)c1ccccc1S2. The zero-order valence-corrected chi connectivity index (χ0v) is 15.0. The molecule has 2 aromatic carbocycles. The molecule has 3 nitrogen and oxygen atoms in total. The van der Waals surface area contributed by atoms with Crippen LogP contribution in [0.1, 0.15) is 5.56 Å². The van der Waals surface area contributed by atoms with E-state index in [0.717, 1.165) is 37.7 Å². The van der Waals surface area contributed by atoms with Crippen molar-refractivity contribution in [1.29, 1.82) is 0 Å². The van der Waals surface area contributed by atoms with Gasteiger partial charge in [0.05, 0.1) is 5.69 Å². The zero-order chi connectivity index (χ0) is 14.1. The molecule has 1 saturated heterocycles. The van der Waals surface area contributed by atoms with Crippen LogP contribution in [0.15, 0.2) is 63.3 Å². The molecule has 1 N–H and O–H groups in total. The van der Waals surface area contributed by atoms with E-state index < -0.39 is 0 Å². The summed E-state index contributed by atoms with van der Waals surface area (Å²) in [7, 11) is 0. The molecule has 0 aliphatic carbocycles. The van der Waals surface area contributed by atoms with E-state index in [1.807, 2.05) is 11.8 Å². The zero-order valence-electron chi connectivity index (χ0n) is 12.6. The van der Waals surface area contributed by atoms with E-state index in [1.54, 1.807) is 0 Å². The largest absolute Gasteiger partial charge is 0.354 e. The number of amidine groups is 1. The van der Waals surface area contributed by atoms with Gasteiger partial charge < -0.3 is 10.2 Å². The van der Waals surface area contributed by atoms with E-state index in [1.165, 1.54) is 15.4 Å². The van der Waals surface area contributed by atoms with E-state index >= 15 is 0 Å². The number of nitrogens with zero attached hydrogens (tertiary/aromatic N) is 2. The molecule has 2 aromatic rings. The fourth-order valence-electron chi connectivity index (χ4n) is 2.79. The second kappa shape index (κ2) is 8.06. The molecule has 6 heteroatoms. The summed E-state index contributed by atoms with van der Waals surface area (Å²) in [6, 6.07) is 17.0. The average Bonchev–Trinajstić information content (AvgIpc) is 2.72. The Kier molecular flexibility index (Phi) is 6.36. The first-order chi connectivity index (χ1) is 10.4. The lowest BCUT2D eigenvalue weighted by Gasteiger charge is -2.30. The van der Waals surface area contributed by atoms with E-state index in [2.05, 4.69) is 58.7 Å². The molecule has 0 atom stereocenters. The minimum absolute atomic E-state index is 0. The van der Waals surface area contributed by atoms with Gasteiger partial charge in [0.15, 0.2) is 0 Å². The van der Waals surface area contributed by atoms with Crippen molar-refractivity contribution in [2.24, 2.45) is 4.99 Å². The topological polar surface area (TPSA) is 27.6 Å². The first-order valence-corrected chi connectivity index (χ1v) is 8.14. The van der Waals surface area contributed by atoms with Crippen molar-refractivity contribution >= 4 is 48.1 Å². The van der Waals surface area contributed by atoms with Crippen LogP contribution >= 0.6 is 36.6 Å². The molecule has 2 aliphatic rings. The van der Waals surface area contributed by atoms with Gasteiger partial charge in [-0.25, -0.2) is 4.99 Å². The summed E-state index contributed by atoms with van der Waals surface area (Å²) in [6.07, 6.45) is 0. The summed E-state index contributed by atoms with van der Waals surface area (Å²) < 4.78 is 0. The molecule has 0 bridgehead atoms. The molecule has 0 radical (unpaired) electrons. The Morgan fingerprint density at radius 2 is 1.52 bits per heavy atom. The van der Waals surface area contributed by atoms with Gasteiger partial charge in [0.25, 0.3) is 0 Å². The fourth-order valence-corrected chi connectivity index (χ4v) is 3.80. The number of aliphatic imine (C=N–C) groups is 1. The third-order valence-electron chi connectivity index (χ3n) is 3.86. The third-order valence-corrected chi connectivity index (χ3v) is 5.00. The molecule has 0 aromatic heterocycles. The van der Waals surface area contributed by atoms with Crippen LogP contribution in [0.4, 0.5) is 5.69 Å². The fraction of sp³-hybridized carbons (Fsp3) is 0.235. The number of rotatable bonds is 0. The first kappa shape index (κ1) is 18.1. The van der Waals surface area contributed by atoms with Crippen molar-refractivity contribution in [2.45, 2.75) is 9.79 Å². The van der Waals surface area contributed by atoms with Crippen LogP contribution < -0.4 is 5.32 Å². The van der Waals surface area contributed by atoms with Crippen LogP contribution in [0.3, 0.4) is 0 Å². The quantitative estimate of drug-likeness (QED) is 0.762. The molecule has 0 unspecified atom stereocenters. The lowest BCUT2D eigenvalue weighted by Crippen LogP contribution is -2.46. The summed E-state index contributed by atoms with van der Waals surface area (Å²) >= 11 is 1.81. The number of piperazine rings is 1. The van der Waals surface area contributed by atoms with E-state index in [9.17, 15) is 0 Å². The minimum atomic E-state index is 0. The van der Waals surface area contributed by atoms with Gasteiger partial charge in [-0.1, -0.05) is 42.1 Å². The summed E-state index contributed by atoms with van der Waals surface area (Å²) in [5.74, 6) is 1.12. The molecule has 4 rings (SSSR count). The smallest absolute Gasteiger partial charge is 0.137 e. The van der Waals surface area contributed by atoms with Crippen LogP contribution in [0.2, 0.25) is 0 Å². The molecular weight excluding hydrogens is 349 g/mol. The number of para-hydroxylation sites is 1. The molecule has 122 valence electrons. The molecule has 2 aliphatic heterocycles. The Hall–Kier alpha value is -1.20. The van der Waals surface area contributed by atoms with Crippen LogP contribution in [-0.4, -0.2) is 36.9 Å². The van der Waals surface area contributed by atoms with Crippen LogP contribution in [-0.2, 0) is 0 Å². The molecule has 0 amide bonds. The molecule has 0 saturated carbocycles. The normalized spacial score (nSPS) is 16.0. The molecule has 0 spiro atoms. The van der Waals surface area contributed by atoms with E-state index in [0.29, 0.717) is 0 Å². The van der Waals surface area contributed by atoms with Crippen molar-refractivity contribution in [1.82, 2.24) is 10.2 Å². The number of nitrogens with one attached hydrogen (secondary N) is 1. The van der Waals surface area contributed by atoms with Gasteiger partial charge >= 0.3 is 0 Å². The predicted octanol–water partition coefficient (Wildman–Crippen LogP) is 3.98. The maximum absolute atomic E-state index is 5.00. The molecular formula is C17H19Cl2N3S. The summed E-state index contributed by atoms with van der Waals surface area (Å²) in [4.78, 5) is 9.92. The highest BCUT2D eigenvalue weighted by Crippen LogP contribution is 2.40. The Morgan fingerprint density at radius 1 is 0.870 bits per heavy atom. The molecule has 23 heavy (non-hydrogen) atoms. The van der Waals surface area contributed by atoms with E-state index in [4.69, 9.17) is 4.99 Å². The van der Waals surface area contributed by atoms with Crippen molar-refractivity contribution < 1.29 is 0 Å². The first-order valence-electron chi connectivity index (χ1n) is 7.32. The second-order valence-electron chi connectivity index (χ2n) is 5.24. The highest BCUT2D eigenvalue weighted by molar-refractivity contribution is 7.99. The van der Waals surface area contributed by atoms with Crippen molar-refractivity contribution in [2.75, 3.05) is 26.2 Å². The van der Waals surface area contributed by atoms with Gasteiger partial charge in [-0.3, -0.25) is 0 Å². The number of hydrogen-bond acceptors (Lipinski definition) is 4. The van der Waals surface area contributed by atoms with Gasteiger partial charge in [-0.05, 0) is 18.2 Å². The molecule has 2 heterocycles. The Bertz CT molecular complexity index is 700. The van der Waals surface area contributed by atoms with Crippen molar-refractivity contribution in [3.63, 3.8) is 0 Å². The average molecular weight is 368 g/mol. The van der Waals surface area contributed by atoms with Crippen molar-refractivity contribution in [3.05, 3.63) is 54.1 Å². The van der Waals surface area contributed by atoms with E-state index in [-0.39, 0.29) is 24.8 Å². The number of fused-ring (bicyclic) bond motifs is 2. The summed E-state index contributed by atoms with van der Waals surface area (Å²) in [5.41, 5.74) is 2.33. The maximum Gasteiger partial charge on any atom is 0.137 e. The lowest BCUT2D eigenvalue weighted by molar-refractivity contribution is 0.358. The van der Waals surface area contributed by atoms with Crippen LogP contribution in [0, 0.1) is 0 Å². The van der Waals surface area contributed by atoms with Crippen molar-refractivity contribution in [3.8, 4) is 0 Å². The number of hydrogen-bond donors (Lipinski definition) is 1. The highest BCUT2D eigenvalue weighted by Gasteiger charge is 2.22. The number of halogens is 2.